The summed E-state index contributed by atoms with van der Waals surface area (Å²) in [6, 6.07) is 14.3. The molecule has 0 aliphatic heterocycles. The number of nitrogens with zero attached hydrogens (tertiary/aromatic N) is 1. The first-order valence-corrected chi connectivity index (χ1v) is 8.71. The predicted octanol–water partition coefficient (Wildman–Crippen LogP) is 4.86. The van der Waals surface area contributed by atoms with Crippen LogP contribution in [0.15, 0.2) is 60.9 Å². The van der Waals surface area contributed by atoms with Gasteiger partial charge in [-0.25, -0.2) is 0 Å². The molecule has 136 valence electrons. The van der Waals surface area contributed by atoms with Gasteiger partial charge in [0.15, 0.2) is 0 Å². The molecule has 3 rings (SSSR count). The summed E-state index contributed by atoms with van der Waals surface area (Å²) >= 11 is 6.24. The van der Waals surface area contributed by atoms with E-state index in [-0.39, 0.29) is 17.4 Å². The second-order valence-electron chi connectivity index (χ2n) is 6.18. The maximum absolute atomic E-state index is 12.6. The van der Waals surface area contributed by atoms with Crippen molar-refractivity contribution in [1.29, 1.82) is 0 Å². The lowest BCUT2D eigenvalue weighted by molar-refractivity contribution is 0.102. The molecule has 2 amide bonds. The van der Waals surface area contributed by atoms with E-state index in [2.05, 4.69) is 15.6 Å². The zero-order valence-corrected chi connectivity index (χ0v) is 15.7. The van der Waals surface area contributed by atoms with E-state index < -0.39 is 0 Å². The highest BCUT2D eigenvalue weighted by Gasteiger charge is 2.14. The fraction of sp³-hybridized carbons (Fsp3) is 0.0952. The number of carbonyl (C=O) groups excluding carboxylic acids is 2. The summed E-state index contributed by atoms with van der Waals surface area (Å²) in [6.45, 7) is 3.81. The number of amides is 2. The summed E-state index contributed by atoms with van der Waals surface area (Å²) < 4.78 is 0. The Hall–Kier alpha value is -3.18. The Bertz CT molecular complexity index is 980. The van der Waals surface area contributed by atoms with Crippen molar-refractivity contribution in [3.05, 3.63) is 88.2 Å². The van der Waals surface area contributed by atoms with Crippen LogP contribution in [0.4, 0.5) is 11.4 Å². The quantitative estimate of drug-likeness (QED) is 0.680. The Morgan fingerprint density at radius 3 is 2.15 bits per heavy atom. The van der Waals surface area contributed by atoms with E-state index in [1.807, 2.05) is 38.1 Å². The molecule has 1 aromatic heterocycles. The van der Waals surface area contributed by atoms with Crippen molar-refractivity contribution >= 4 is 34.8 Å². The minimum Gasteiger partial charge on any atom is -0.322 e. The average molecular weight is 380 g/mol. The molecule has 0 unspecified atom stereocenters. The highest BCUT2D eigenvalue weighted by atomic mass is 35.5. The van der Waals surface area contributed by atoms with Gasteiger partial charge in [0.1, 0.15) is 0 Å². The average Bonchev–Trinajstić information content (AvgIpc) is 2.65. The van der Waals surface area contributed by atoms with Crippen molar-refractivity contribution in [3.63, 3.8) is 0 Å². The molecule has 0 aliphatic carbocycles. The van der Waals surface area contributed by atoms with Crippen molar-refractivity contribution < 1.29 is 9.59 Å². The molecule has 3 aromatic rings. The van der Waals surface area contributed by atoms with Gasteiger partial charge in [0.2, 0.25) is 0 Å². The maximum atomic E-state index is 12.6. The lowest BCUT2D eigenvalue weighted by Gasteiger charge is -2.12. The van der Waals surface area contributed by atoms with Crippen LogP contribution in [0.3, 0.4) is 0 Å². The van der Waals surface area contributed by atoms with Gasteiger partial charge in [0, 0.05) is 18.1 Å². The van der Waals surface area contributed by atoms with Gasteiger partial charge in [-0.15, -0.1) is 0 Å². The van der Waals surface area contributed by atoms with Crippen LogP contribution in [0.1, 0.15) is 31.8 Å². The number of pyridine rings is 1. The molecule has 0 spiro atoms. The molecule has 0 fully saturated rings. The molecule has 2 aromatic carbocycles. The van der Waals surface area contributed by atoms with E-state index in [1.54, 1.807) is 18.2 Å². The standard InChI is InChI=1S/C21H18ClN3O2/c1-13-8-14(2)19(18(22)9-13)25-21(27)16-10-15(11-23-12-16)20(26)24-17-6-4-3-5-7-17/h3-12H,1-2H3,(H,24,26)(H,25,27). The predicted molar refractivity (Wildman–Crippen MR) is 108 cm³/mol. The summed E-state index contributed by atoms with van der Waals surface area (Å²) in [6.07, 6.45) is 2.82. The Kier molecular flexibility index (Phi) is 5.52. The molecule has 0 radical (unpaired) electrons. The summed E-state index contributed by atoms with van der Waals surface area (Å²) in [5.41, 5.74) is 3.65. The molecule has 5 nitrogen and oxygen atoms in total. The molecule has 0 bridgehead atoms. The second kappa shape index (κ2) is 8.01. The smallest absolute Gasteiger partial charge is 0.257 e. The molecular formula is C21H18ClN3O2. The number of anilines is 2. The van der Waals surface area contributed by atoms with E-state index >= 15 is 0 Å². The van der Waals surface area contributed by atoms with E-state index in [0.717, 1.165) is 11.1 Å². The van der Waals surface area contributed by atoms with Gasteiger partial charge in [-0.1, -0.05) is 35.9 Å². The number of halogens is 1. The van der Waals surface area contributed by atoms with E-state index in [0.29, 0.717) is 22.0 Å². The molecule has 0 saturated carbocycles. The van der Waals surface area contributed by atoms with Crippen molar-refractivity contribution in [2.45, 2.75) is 13.8 Å². The van der Waals surface area contributed by atoms with E-state index in [1.165, 1.54) is 18.5 Å². The first kappa shape index (κ1) is 18.6. The summed E-state index contributed by atoms with van der Waals surface area (Å²) in [5.74, 6) is -0.724. The third kappa shape index (κ3) is 4.51. The molecular weight excluding hydrogens is 362 g/mol. The summed E-state index contributed by atoms with van der Waals surface area (Å²) in [4.78, 5) is 29.0. The second-order valence-corrected chi connectivity index (χ2v) is 6.58. The van der Waals surface area contributed by atoms with Crippen molar-refractivity contribution in [2.24, 2.45) is 0 Å². The minimum atomic E-state index is -0.384. The molecule has 2 N–H and O–H groups in total. The largest absolute Gasteiger partial charge is 0.322 e. The number of carbonyl (C=O) groups is 2. The molecule has 0 saturated heterocycles. The number of hydrogen-bond donors (Lipinski definition) is 2. The van der Waals surface area contributed by atoms with Crippen molar-refractivity contribution in [3.8, 4) is 0 Å². The zero-order valence-electron chi connectivity index (χ0n) is 14.9. The normalized spacial score (nSPS) is 10.3. The van der Waals surface area contributed by atoms with Crippen LogP contribution in [0.5, 0.6) is 0 Å². The third-order valence-electron chi connectivity index (χ3n) is 3.96. The van der Waals surface area contributed by atoms with E-state index in [4.69, 9.17) is 11.6 Å². The first-order valence-electron chi connectivity index (χ1n) is 8.33. The van der Waals surface area contributed by atoms with E-state index in [9.17, 15) is 9.59 Å². The van der Waals surface area contributed by atoms with Gasteiger partial charge < -0.3 is 10.6 Å². The van der Waals surface area contributed by atoms with Crippen LogP contribution in [-0.4, -0.2) is 16.8 Å². The number of nitrogens with one attached hydrogen (secondary N) is 2. The van der Waals surface area contributed by atoms with Gasteiger partial charge in [-0.2, -0.15) is 0 Å². The summed E-state index contributed by atoms with van der Waals surface area (Å²) in [7, 11) is 0. The first-order chi connectivity index (χ1) is 12.9. The Balaban J connectivity index is 1.79. The fourth-order valence-electron chi connectivity index (χ4n) is 2.67. The number of rotatable bonds is 4. The monoisotopic (exact) mass is 379 g/mol. The molecule has 0 aliphatic rings. The van der Waals surface area contributed by atoms with Crippen LogP contribution in [0, 0.1) is 13.8 Å². The minimum absolute atomic E-state index is 0.270. The summed E-state index contributed by atoms with van der Waals surface area (Å²) in [5, 5.41) is 6.03. The number of aryl methyl sites for hydroxylation is 2. The number of hydrogen-bond acceptors (Lipinski definition) is 3. The van der Waals surface area contributed by atoms with Gasteiger partial charge in [0.05, 0.1) is 21.8 Å². The SMILES string of the molecule is Cc1cc(C)c(NC(=O)c2cncc(C(=O)Nc3ccccc3)c2)c(Cl)c1. The highest BCUT2D eigenvalue weighted by Crippen LogP contribution is 2.27. The van der Waals surface area contributed by atoms with Crippen LogP contribution in [0.25, 0.3) is 0 Å². The van der Waals surface area contributed by atoms with Gasteiger partial charge in [0.25, 0.3) is 11.8 Å². The Labute approximate surface area is 162 Å². The third-order valence-corrected chi connectivity index (χ3v) is 4.26. The van der Waals surface area contributed by atoms with Crippen LogP contribution in [-0.2, 0) is 0 Å². The Morgan fingerprint density at radius 1 is 0.889 bits per heavy atom. The number of para-hydroxylation sites is 1. The maximum Gasteiger partial charge on any atom is 0.257 e. The molecule has 0 atom stereocenters. The van der Waals surface area contributed by atoms with Crippen molar-refractivity contribution in [1.82, 2.24) is 4.98 Å². The zero-order chi connectivity index (χ0) is 19.4. The van der Waals surface area contributed by atoms with Crippen LogP contribution < -0.4 is 10.6 Å². The fourth-order valence-corrected chi connectivity index (χ4v) is 3.04. The van der Waals surface area contributed by atoms with Crippen LogP contribution in [0.2, 0.25) is 5.02 Å². The van der Waals surface area contributed by atoms with Gasteiger partial charge >= 0.3 is 0 Å². The number of aromatic nitrogens is 1. The van der Waals surface area contributed by atoms with Crippen molar-refractivity contribution in [2.75, 3.05) is 10.6 Å². The number of benzene rings is 2. The lowest BCUT2D eigenvalue weighted by atomic mass is 10.1. The molecule has 1 heterocycles. The molecule has 6 heteroatoms. The lowest BCUT2D eigenvalue weighted by Crippen LogP contribution is -2.16. The Morgan fingerprint density at radius 2 is 1.52 bits per heavy atom. The highest BCUT2D eigenvalue weighted by molar-refractivity contribution is 6.34. The van der Waals surface area contributed by atoms with Gasteiger partial charge in [-0.05, 0) is 49.2 Å². The molecule has 27 heavy (non-hydrogen) atoms. The topological polar surface area (TPSA) is 71.1 Å². The van der Waals surface area contributed by atoms with Gasteiger partial charge in [-0.3, -0.25) is 14.6 Å². The van der Waals surface area contributed by atoms with Crippen LogP contribution >= 0.6 is 11.6 Å².